The molecule has 3 amide bonds. The maximum atomic E-state index is 13.9. The molecule has 3 aromatic carbocycles. The van der Waals surface area contributed by atoms with E-state index in [1.54, 1.807) is 0 Å². The third-order valence-electron chi connectivity index (χ3n) is 8.42. The van der Waals surface area contributed by atoms with Crippen LogP contribution in [0.4, 0.5) is 5.69 Å². The minimum Gasteiger partial charge on any atom is -0.492 e. The Bertz CT molecular complexity index is 1380. The molecule has 2 bridgehead atoms. The Morgan fingerprint density at radius 1 is 0.800 bits per heavy atom. The van der Waals surface area contributed by atoms with Crippen LogP contribution in [0.1, 0.15) is 54.9 Å². The summed E-state index contributed by atoms with van der Waals surface area (Å²) >= 11 is 14.9. The predicted molar refractivity (Wildman–Crippen MR) is 155 cm³/mol. The quantitative estimate of drug-likeness (QED) is 0.187. The molecular formula is C32H30Cl2N2O4. The molecule has 6 nitrogen and oxygen atoms in total. The van der Waals surface area contributed by atoms with Gasteiger partial charge in [-0.15, -0.1) is 23.2 Å². The molecule has 0 spiro atoms. The molecule has 40 heavy (non-hydrogen) atoms. The molecule has 7 rings (SSSR count). The van der Waals surface area contributed by atoms with E-state index in [1.807, 2.05) is 79.7 Å². The normalized spacial score (nSPS) is 25.8. The van der Waals surface area contributed by atoms with Crippen LogP contribution < -0.4 is 10.1 Å². The maximum Gasteiger partial charge on any atom is 0.235 e. The maximum absolute atomic E-state index is 13.9. The van der Waals surface area contributed by atoms with E-state index in [-0.39, 0.29) is 24.3 Å². The van der Waals surface area contributed by atoms with E-state index in [9.17, 15) is 14.4 Å². The average Bonchev–Trinajstić information content (AvgIpc) is 3.23. The zero-order valence-electron chi connectivity index (χ0n) is 22.2. The highest BCUT2D eigenvalue weighted by Gasteiger charge is 2.72. The SMILES string of the molecule is CCOc1ccccc1NC(=O)CCCCCN1C(=O)[C@@H]2[C@H](C1=O)C1(Cl)c3ccccc3C2(Cl)c2ccccc21. The number of para-hydroxylation sites is 2. The first-order valence-corrected chi connectivity index (χ1v) is 14.5. The molecule has 1 N–H and O–H groups in total. The number of amides is 3. The minimum absolute atomic E-state index is 0.105. The molecule has 1 heterocycles. The molecule has 3 aliphatic carbocycles. The minimum atomic E-state index is -1.16. The largest absolute Gasteiger partial charge is 0.492 e. The second kappa shape index (κ2) is 10.2. The van der Waals surface area contributed by atoms with Gasteiger partial charge in [0.25, 0.3) is 0 Å². The van der Waals surface area contributed by atoms with Gasteiger partial charge in [-0.3, -0.25) is 19.3 Å². The van der Waals surface area contributed by atoms with Crippen molar-refractivity contribution >= 4 is 46.6 Å². The first-order chi connectivity index (χ1) is 19.3. The molecule has 2 atom stereocenters. The van der Waals surface area contributed by atoms with Crippen molar-refractivity contribution in [2.24, 2.45) is 11.8 Å². The van der Waals surface area contributed by atoms with Gasteiger partial charge in [-0.05, 0) is 54.2 Å². The molecule has 206 valence electrons. The molecule has 8 heteroatoms. The fourth-order valence-electron chi connectivity index (χ4n) is 6.74. The van der Waals surface area contributed by atoms with Gasteiger partial charge in [-0.1, -0.05) is 67.1 Å². The summed E-state index contributed by atoms with van der Waals surface area (Å²) in [5.41, 5.74) is 3.84. The Kier molecular flexibility index (Phi) is 6.87. The zero-order chi connectivity index (χ0) is 28.1. The van der Waals surface area contributed by atoms with Crippen molar-refractivity contribution in [3.8, 4) is 5.75 Å². The van der Waals surface area contributed by atoms with Crippen LogP contribution in [-0.2, 0) is 24.1 Å². The molecule has 0 saturated carbocycles. The third-order valence-corrected chi connectivity index (χ3v) is 9.71. The van der Waals surface area contributed by atoms with Crippen molar-refractivity contribution in [2.45, 2.75) is 42.4 Å². The molecule has 3 aromatic rings. The third kappa shape index (κ3) is 3.87. The second-order valence-electron chi connectivity index (χ2n) is 10.6. The zero-order valence-corrected chi connectivity index (χ0v) is 23.7. The lowest BCUT2D eigenvalue weighted by molar-refractivity contribution is -0.140. The smallest absolute Gasteiger partial charge is 0.235 e. The predicted octanol–water partition coefficient (Wildman–Crippen LogP) is 6.18. The Balaban J connectivity index is 1.14. The van der Waals surface area contributed by atoms with Crippen LogP contribution in [0, 0.1) is 11.8 Å². The van der Waals surface area contributed by atoms with Crippen molar-refractivity contribution in [2.75, 3.05) is 18.5 Å². The second-order valence-corrected chi connectivity index (χ2v) is 11.8. The highest BCUT2D eigenvalue weighted by molar-refractivity contribution is 6.36. The number of carbonyl (C=O) groups excluding carboxylic acids is 3. The number of nitrogens with zero attached hydrogens (tertiary/aromatic N) is 1. The Hall–Kier alpha value is -3.35. The number of hydrogen-bond acceptors (Lipinski definition) is 4. The molecule has 1 fully saturated rings. The summed E-state index contributed by atoms with van der Waals surface area (Å²) in [4.78, 5) is 39.2. The number of ether oxygens (including phenoxy) is 1. The molecule has 0 unspecified atom stereocenters. The number of carbonyl (C=O) groups is 3. The monoisotopic (exact) mass is 576 g/mol. The van der Waals surface area contributed by atoms with Crippen LogP contribution >= 0.6 is 23.2 Å². The molecule has 1 aliphatic heterocycles. The first kappa shape index (κ1) is 26.9. The van der Waals surface area contributed by atoms with Crippen molar-refractivity contribution in [1.82, 2.24) is 4.90 Å². The van der Waals surface area contributed by atoms with E-state index < -0.39 is 21.6 Å². The van der Waals surface area contributed by atoms with E-state index in [0.717, 1.165) is 22.3 Å². The molecule has 0 radical (unpaired) electrons. The van der Waals surface area contributed by atoms with Crippen LogP contribution in [0.3, 0.4) is 0 Å². The molecule has 0 aromatic heterocycles. The number of hydrogen-bond donors (Lipinski definition) is 1. The van der Waals surface area contributed by atoms with E-state index in [2.05, 4.69) is 5.32 Å². The number of anilines is 1. The Morgan fingerprint density at radius 3 is 1.82 bits per heavy atom. The van der Waals surface area contributed by atoms with Gasteiger partial charge in [-0.2, -0.15) is 0 Å². The number of unbranched alkanes of at least 4 members (excludes halogenated alkanes) is 2. The summed E-state index contributed by atoms with van der Waals surface area (Å²) < 4.78 is 5.57. The van der Waals surface area contributed by atoms with Crippen LogP contribution in [-0.4, -0.2) is 35.8 Å². The number of alkyl halides is 2. The van der Waals surface area contributed by atoms with E-state index in [1.165, 1.54) is 4.90 Å². The van der Waals surface area contributed by atoms with Crippen LogP contribution in [0.15, 0.2) is 72.8 Å². The number of rotatable bonds is 9. The number of benzene rings is 3. The topological polar surface area (TPSA) is 75.7 Å². The summed E-state index contributed by atoms with van der Waals surface area (Å²) in [6.45, 7) is 2.67. The lowest BCUT2D eigenvalue weighted by atomic mass is 9.54. The molecule has 4 aliphatic rings. The van der Waals surface area contributed by atoms with Crippen LogP contribution in [0.5, 0.6) is 5.75 Å². The summed E-state index contributed by atoms with van der Waals surface area (Å²) in [5, 5.41) is 2.91. The summed E-state index contributed by atoms with van der Waals surface area (Å²) in [6, 6.07) is 22.6. The van der Waals surface area contributed by atoms with Gasteiger partial charge < -0.3 is 10.1 Å². The van der Waals surface area contributed by atoms with E-state index >= 15 is 0 Å². The molecular weight excluding hydrogens is 547 g/mol. The van der Waals surface area contributed by atoms with Gasteiger partial charge in [0.05, 0.1) is 24.1 Å². The lowest BCUT2D eigenvalue weighted by Gasteiger charge is -2.54. The van der Waals surface area contributed by atoms with E-state index in [0.29, 0.717) is 43.7 Å². The van der Waals surface area contributed by atoms with Crippen LogP contribution in [0.25, 0.3) is 0 Å². The van der Waals surface area contributed by atoms with Gasteiger partial charge in [0.1, 0.15) is 15.5 Å². The van der Waals surface area contributed by atoms with Gasteiger partial charge in [0.15, 0.2) is 0 Å². The number of imide groups is 1. The summed E-state index contributed by atoms with van der Waals surface area (Å²) in [7, 11) is 0. The van der Waals surface area contributed by atoms with Crippen molar-refractivity contribution < 1.29 is 19.1 Å². The first-order valence-electron chi connectivity index (χ1n) is 13.8. The van der Waals surface area contributed by atoms with Crippen molar-refractivity contribution in [1.29, 1.82) is 0 Å². The van der Waals surface area contributed by atoms with Crippen molar-refractivity contribution in [3.63, 3.8) is 0 Å². The number of nitrogens with one attached hydrogen (secondary N) is 1. The fourth-order valence-corrected chi connectivity index (χ4v) is 7.84. The highest BCUT2D eigenvalue weighted by atomic mass is 35.5. The van der Waals surface area contributed by atoms with Gasteiger partial charge >= 0.3 is 0 Å². The molecule has 1 saturated heterocycles. The summed E-state index contributed by atoms with van der Waals surface area (Å²) in [6.07, 6.45) is 2.23. The Morgan fingerprint density at radius 2 is 1.30 bits per heavy atom. The number of likely N-dealkylation sites (tertiary alicyclic amines) is 1. The fraction of sp³-hybridized carbons (Fsp3) is 0.344. The lowest BCUT2D eigenvalue weighted by Crippen LogP contribution is -2.57. The van der Waals surface area contributed by atoms with Crippen LogP contribution in [0.2, 0.25) is 0 Å². The van der Waals surface area contributed by atoms with E-state index in [4.69, 9.17) is 27.9 Å². The average molecular weight is 578 g/mol. The van der Waals surface area contributed by atoms with Gasteiger partial charge in [0.2, 0.25) is 17.7 Å². The standard InChI is InChI=1S/C32H30Cl2N2O4/c1-2-40-25-17-10-9-16-24(25)35-26(37)18-4-3-11-19-36-29(38)27-28(30(36)39)32(34)21-13-6-5-12-20(21)31(27,33)22-14-7-8-15-23(22)32/h5-10,12-17,27-28H,2-4,11,18-19H2,1H3,(H,35,37)/t27-,28+,31?,32?. The van der Waals surface area contributed by atoms with Gasteiger partial charge in [-0.25, -0.2) is 0 Å². The van der Waals surface area contributed by atoms with Gasteiger partial charge in [0, 0.05) is 13.0 Å². The van der Waals surface area contributed by atoms with Crippen molar-refractivity contribution in [3.05, 3.63) is 95.1 Å². The summed E-state index contributed by atoms with van der Waals surface area (Å²) in [5.74, 6) is -1.57. The Labute approximate surface area is 243 Å². The number of halogens is 2. The highest BCUT2D eigenvalue weighted by Crippen LogP contribution is 2.69.